The zero-order chi connectivity index (χ0) is 14.4. The highest BCUT2D eigenvalue weighted by molar-refractivity contribution is 6.02. The molecule has 0 fully saturated rings. The molecule has 3 N–H and O–H groups in total. The number of carbonyl (C=O) groups is 1. The first-order valence-corrected chi connectivity index (χ1v) is 6.35. The minimum atomic E-state index is -0.359. The molecule has 6 heteroatoms. The Labute approximate surface area is 116 Å². The quantitative estimate of drug-likeness (QED) is 0.761. The largest absolute Gasteiger partial charge is 0.325 e. The van der Waals surface area contributed by atoms with Crippen LogP contribution >= 0.6 is 0 Å². The number of amides is 1. The van der Waals surface area contributed by atoms with E-state index >= 15 is 0 Å². The number of hydrogen-bond acceptors (Lipinski definition) is 4. The number of aromatic amines is 1. The third-order valence-electron chi connectivity index (χ3n) is 2.67. The van der Waals surface area contributed by atoms with E-state index in [1.807, 2.05) is 25.1 Å². The van der Waals surface area contributed by atoms with Crippen molar-refractivity contribution >= 4 is 11.6 Å². The Morgan fingerprint density at radius 3 is 2.95 bits per heavy atom. The molecule has 2 aromatic rings. The van der Waals surface area contributed by atoms with Crippen LogP contribution in [-0.2, 0) is 6.54 Å². The fraction of sp³-hybridized carbons (Fsp3) is 0.214. The van der Waals surface area contributed by atoms with Crippen molar-refractivity contribution in [1.82, 2.24) is 15.3 Å². The molecular weight excluding hydrogens is 256 g/mol. The fourth-order valence-electron chi connectivity index (χ4n) is 1.69. The van der Waals surface area contributed by atoms with Crippen LogP contribution in [0.4, 0.5) is 5.69 Å². The van der Waals surface area contributed by atoms with E-state index in [9.17, 15) is 9.59 Å². The van der Waals surface area contributed by atoms with E-state index in [2.05, 4.69) is 20.6 Å². The first-order valence-electron chi connectivity index (χ1n) is 6.35. The van der Waals surface area contributed by atoms with Crippen LogP contribution in [0, 0.1) is 0 Å². The van der Waals surface area contributed by atoms with Crippen molar-refractivity contribution in [3.63, 3.8) is 0 Å². The summed E-state index contributed by atoms with van der Waals surface area (Å²) >= 11 is 0. The molecule has 0 saturated heterocycles. The van der Waals surface area contributed by atoms with Crippen molar-refractivity contribution in [1.29, 1.82) is 0 Å². The number of rotatable bonds is 5. The Hall–Kier alpha value is -2.47. The lowest BCUT2D eigenvalue weighted by atomic mass is 10.2. The molecule has 0 bridgehead atoms. The molecule has 1 aromatic heterocycles. The molecule has 0 radical (unpaired) electrons. The molecule has 20 heavy (non-hydrogen) atoms. The summed E-state index contributed by atoms with van der Waals surface area (Å²) in [5, 5.41) is 5.96. The zero-order valence-corrected chi connectivity index (χ0v) is 11.1. The minimum absolute atomic E-state index is 0.168. The smallest absolute Gasteiger partial charge is 0.275 e. The lowest BCUT2D eigenvalue weighted by Crippen LogP contribution is -2.17. The molecule has 0 aliphatic carbocycles. The number of nitrogens with zero attached hydrogens (tertiary/aromatic N) is 1. The van der Waals surface area contributed by atoms with Crippen molar-refractivity contribution in [2.75, 3.05) is 11.9 Å². The number of benzene rings is 1. The van der Waals surface area contributed by atoms with E-state index in [0.717, 1.165) is 24.8 Å². The van der Waals surface area contributed by atoms with Gasteiger partial charge in [0, 0.05) is 18.4 Å². The van der Waals surface area contributed by atoms with E-state index in [1.54, 1.807) is 6.07 Å². The van der Waals surface area contributed by atoms with E-state index in [1.165, 1.54) is 6.20 Å². The van der Waals surface area contributed by atoms with Gasteiger partial charge < -0.3 is 15.6 Å². The zero-order valence-electron chi connectivity index (χ0n) is 11.1. The lowest BCUT2D eigenvalue weighted by Gasteiger charge is -2.07. The average Bonchev–Trinajstić information content (AvgIpc) is 2.46. The number of H-pyrrole nitrogens is 1. The Kier molecular flexibility index (Phi) is 4.62. The maximum Gasteiger partial charge on any atom is 0.275 e. The third kappa shape index (κ3) is 3.76. The van der Waals surface area contributed by atoms with E-state index in [4.69, 9.17) is 0 Å². The van der Waals surface area contributed by atoms with Gasteiger partial charge >= 0.3 is 0 Å². The second-order valence-corrected chi connectivity index (χ2v) is 4.23. The topological polar surface area (TPSA) is 86.9 Å². The van der Waals surface area contributed by atoms with Crippen LogP contribution in [0.25, 0.3) is 0 Å². The fourth-order valence-corrected chi connectivity index (χ4v) is 1.69. The summed E-state index contributed by atoms with van der Waals surface area (Å²) < 4.78 is 0. The summed E-state index contributed by atoms with van der Waals surface area (Å²) in [4.78, 5) is 29.0. The standard InChI is InChI=1S/C14H16N4O2/c1-2-15-7-10-4-3-5-11(6-10)18-14(20)12-8-17-13(19)9-16-12/h3-6,8-9,15H,2,7H2,1H3,(H,17,19)(H,18,20). The van der Waals surface area contributed by atoms with Gasteiger partial charge in [-0.05, 0) is 24.2 Å². The molecule has 0 spiro atoms. The summed E-state index contributed by atoms with van der Waals surface area (Å²) in [6.07, 6.45) is 2.37. The molecule has 1 heterocycles. The van der Waals surface area contributed by atoms with Crippen molar-refractivity contribution < 1.29 is 4.79 Å². The second-order valence-electron chi connectivity index (χ2n) is 4.23. The summed E-state index contributed by atoms with van der Waals surface area (Å²) in [7, 11) is 0. The lowest BCUT2D eigenvalue weighted by molar-refractivity contribution is 0.102. The van der Waals surface area contributed by atoms with Gasteiger partial charge in [0.2, 0.25) is 0 Å². The average molecular weight is 272 g/mol. The normalized spacial score (nSPS) is 10.2. The molecule has 0 aliphatic heterocycles. The van der Waals surface area contributed by atoms with Crippen molar-refractivity contribution in [3.8, 4) is 0 Å². The van der Waals surface area contributed by atoms with Gasteiger partial charge in [-0.3, -0.25) is 9.59 Å². The van der Waals surface area contributed by atoms with Gasteiger partial charge in [-0.15, -0.1) is 0 Å². The molecule has 6 nitrogen and oxygen atoms in total. The molecule has 0 atom stereocenters. The van der Waals surface area contributed by atoms with Gasteiger partial charge in [0.25, 0.3) is 11.5 Å². The van der Waals surface area contributed by atoms with Crippen LogP contribution in [0.2, 0.25) is 0 Å². The maximum absolute atomic E-state index is 11.9. The minimum Gasteiger partial charge on any atom is -0.325 e. The molecule has 0 saturated carbocycles. The highest BCUT2D eigenvalue weighted by Crippen LogP contribution is 2.11. The summed E-state index contributed by atoms with van der Waals surface area (Å²) in [5.74, 6) is -0.359. The van der Waals surface area contributed by atoms with Crippen molar-refractivity contribution in [2.24, 2.45) is 0 Å². The molecule has 1 amide bonds. The van der Waals surface area contributed by atoms with Crippen LogP contribution in [0.5, 0.6) is 0 Å². The number of aromatic nitrogens is 2. The first kappa shape index (κ1) is 14.0. The molecule has 104 valence electrons. The van der Waals surface area contributed by atoms with Crippen LogP contribution in [0.15, 0.2) is 41.5 Å². The third-order valence-corrected chi connectivity index (χ3v) is 2.67. The van der Waals surface area contributed by atoms with Crippen LogP contribution < -0.4 is 16.2 Å². The van der Waals surface area contributed by atoms with E-state index < -0.39 is 0 Å². The predicted molar refractivity (Wildman–Crippen MR) is 76.6 cm³/mol. The Balaban J connectivity index is 2.07. The number of anilines is 1. The van der Waals surface area contributed by atoms with Gasteiger partial charge in [0.05, 0.1) is 6.20 Å². The SMILES string of the molecule is CCNCc1cccc(NC(=O)c2c[nH]c(=O)cn2)c1. The Morgan fingerprint density at radius 2 is 2.25 bits per heavy atom. The molecule has 1 aromatic carbocycles. The first-order chi connectivity index (χ1) is 9.69. The van der Waals surface area contributed by atoms with E-state index in [0.29, 0.717) is 5.69 Å². The number of hydrogen-bond donors (Lipinski definition) is 3. The molecule has 0 aliphatic rings. The summed E-state index contributed by atoms with van der Waals surface area (Å²) in [5.41, 5.74) is 1.60. The molecule has 2 rings (SSSR count). The monoisotopic (exact) mass is 272 g/mol. The van der Waals surface area contributed by atoms with E-state index in [-0.39, 0.29) is 17.2 Å². The Bertz CT molecular complexity index is 631. The van der Waals surface area contributed by atoms with Gasteiger partial charge in [0.1, 0.15) is 5.69 Å². The van der Waals surface area contributed by atoms with Crippen LogP contribution in [0.3, 0.4) is 0 Å². The number of carbonyl (C=O) groups excluding carboxylic acids is 1. The predicted octanol–water partition coefficient (Wildman–Crippen LogP) is 1.13. The number of nitrogens with one attached hydrogen (secondary N) is 3. The van der Waals surface area contributed by atoms with Crippen LogP contribution in [0.1, 0.15) is 23.0 Å². The molecular formula is C14H16N4O2. The van der Waals surface area contributed by atoms with Crippen LogP contribution in [-0.4, -0.2) is 22.4 Å². The van der Waals surface area contributed by atoms with Gasteiger partial charge in [-0.1, -0.05) is 19.1 Å². The van der Waals surface area contributed by atoms with Gasteiger partial charge in [-0.25, -0.2) is 4.98 Å². The summed E-state index contributed by atoms with van der Waals surface area (Å²) in [6.45, 7) is 3.67. The maximum atomic E-state index is 11.9. The van der Waals surface area contributed by atoms with Gasteiger partial charge in [-0.2, -0.15) is 0 Å². The van der Waals surface area contributed by atoms with Crippen molar-refractivity contribution in [3.05, 3.63) is 58.3 Å². The second kappa shape index (κ2) is 6.63. The molecule has 0 unspecified atom stereocenters. The summed E-state index contributed by atoms with van der Waals surface area (Å²) in [6, 6.07) is 7.56. The van der Waals surface area contributed by atoms with Crippen molar-refractivity contribution in [2.45, 2.75) is 13.5 Å². The highest BCUT2D eigenvalue weighted by Gasteiger charge is 2.07. The highest BCUT2D eigenvalue weighted by atomic mass is 16.2. The van der Waals surface area contributed by atoms with Gasteiger partial charge in [0.15, 0.2) is 0 Å². The Morgan fingerprint density at radius 1 is 1.40 bits per heavy atom.